The van der Waals surface area contributed by atoms with Gasteiger partial charge in [0, 0.05) is 31.2 Å². The first-order chi connectivity index (χ1) is 7.38. The van der Waals surface area contributed by atoms with E-state index >= 15 is 0 Å². The Morgan fingerprint density at radius 1 is 1.13 bits per heavy atom. The Hall–Kier alpha value is -1.70. The number of hydrogen-bond donors (Lipinski definition) is 1. The summed E-state index contributed by atoms with van der Waals surface area (Å²) in [4.78, 5) is 0. The molecule has 0 unspecified atom stereocenters. The minimum atomic E-state index is 0.886. The van der Waals surface area contributed by atoms with Gasteiger partial charge in [-0.15, -0.1) is 0 Å². The maximum absolute atomic E-state index is 3.39. The Kier molecular flexibility index (Phi) is 3.08. The highest BCUT2D eigenvalue weighted by Gasteiger charge is 1.95. The average molecular weight is 200 g/mol. The number of aryl methyl sites for hydroxylation is 1. The molecular formula is C13H16N2. The number of nitrogens with one attached hydrogen (secondary N) is 1. The standard InChI is InChI=1S/C13H16N2/c1-2-15-9-8-12(11-15)10-14-13-6-4-3-5-7-13/h3-9,11,14H,2,10H2,1H3. The molecule has 1 aromatic heterocycles. The topological polar surface area (TPSA) is 17.0 Å². The predicted octanol–water partition coefficient (Wildman–Crippen LogP) is 3.12. The number of aromatic nitrogens is 1. The van der Waals surface area contributed by atoms with Gasteiger partial charge in [0.25, 0.3) is 0 Å². The van der Waals surface area contributed by atoms with Gasteiger partial charge < -0.3 is 9.88 Å². The second-order valence-electron chi connectivity index (χ2n) is 3.57. The summed E-state index contributed by atoms with van der Waals surface area (Å²) in [5.41, 5.74) is 2.49. The van der Waals surface area contributed by atoms with E-state index in [-0.39, 0.29) is 0 Å². The van der Waals surface area contributed by atoms with Gasteiger partial charge in [-0.1, -0.05) is 18.2 Å². The first-order valence-electron chi connectivity index (χ1n) is 5.32. The summed E-state index contributed by atoms with van der Waals surface area (Å²) in [5, 5.41) is 3.39. The monoisotopic (exact) mass is 200 g/mol. The van der Waals surface area contributed by atoms with Crippen molar-refractivity contribution in [3.63, 3.8) is 0 Å². The molecule has 0 radical (unpaired) electrons. The zero-order valence-corrected chi connectivity index (χ0v) is 8.98. The van der Waals surface area contributed by atoms with Crippen LogP contribution in [0.4, 0.5) is 5.69 Å². The van der Waals surface area contributed by atoms with Crippen molar-refractivity contribution in [3.8, 4) is 0 Å². The molecule has 1 heterocycles. The van der Waals surface area contributed by atoms with E-state index in [2.05, 4.69) is 47.4 Å². The van der Waals surface area contributed by atoms with Crippen molar-refractivity contribution in [3.05, 3.63) is 54.4 Å². The molecule has 2 aromatic rings. The van der Waals surface area contributed by atoms with E-state index in [9.17, 15) is 0 Å². The summed E-state index contributed by atoms with van der Waals surface area (Å²) in [6.45, 7) is 4.07. The third kappa shape index (κ3) is 2.62. The third-order valence-electron chi connectivity index (χ3n) is 2.45. The lowest BCUT2D eigenvalue weighted by molar-refractivity contribution is 0.766. The lowest BCUT2D eigenvalue weighted by atomic mass is 10.3. The van der Waals surface area contributed by atoms with Gasteiger partial charge >= 0.3 is 0 Å². The van der Waals surface area contributed by atoms with Crippen LogP contribution in [0.15, 0.2) is 48.8 Å². The zero-order valence-electron chi connectivity index (χ0n) is 8.98. The Bertz CT molecular complexity index is 403. The number of para-hydroxylation sites is 1. The largest absolute Gasteiger partial charge is 0.381 e. The summed E-state index contributed by atoms with van der Waals surface area (Å²) < 4.78 is 2.18. The van der Waals surface area contributed by atoms with Gasteiger partial charge in [0.15, 0.2) is 0 Å². The molecule has 1 N–H and O–H groups in total. The maximum Gasteiger partial charge on any atom is 0.0415 e. The second-order valence-corrected chi connectivity index (χ2v) is 3.57. The van der Waals surface area contributed by atoms with Gasteiger partial charge in [0.05, 0.1) is 0 Å². The van der Waals surface area contributed by atoms with Crippen LogP contribution < -0.4 is 5.32 Å². The Morgan fingerprint density at radius 2 is 1.93 bits per heavy atom. The first kappa shape index (κ1) is 9.84. The van der Waals surface area contributed by atoms with Gasteiger partial charge in [-0.25, -0.2) is 0 Å². The molecule has 78 valence electrons. The van der Waals surface area contributed by atoms with Crippen molar-refractivity contribution in [2.75, 3.05) is 5.32 Å². The molecule has 0 aliphatic rings. The van der Waals surface area contributed by atoms with E-state index in [0.717, 1.165) is 13.1 Å². The molecule has 0 spiro atoms. The van der Waals surface area contributed by atoms with Crippen LogP contribution in [0.5, 0.6) is 0 Å². The molecule has 0 aliphatic carbocycles. The fourth-order valence-electron chi connectivity index (χ4n) is 1.55. The smallest absolute Gasteiger partial charge is 0.0415 e. The summed E-state index contributed by atoms with van der Waals surface area (Å²) in [6.07, 6.45) is 4.29. The molecular weight excluding hydrogens is 184 g/mol. The van der Waals surface area contributed by atoms with Crippen molar-refractivity contribution in [1.82, 2.24) is 4.57 Å². The number of anilines is 1. The van der Waals surface area contributed by atoms with Crippen LogP contribution in [0, 0.1) is 0 Å². The van der Waals surface area contributed by atoms with Crippen molar-refractivity contribution in [2.45, 2.75) is 20.0 Å². The molecule has 2 nitrogen and oxygen atoms in total. The van der Waals surface area contributed by atoms with Gasteiger partial charge in [0.1, 0.15) is 0 Å². The second kappa shape index (κ2) is 4.69. The van der Waals surface area contributed by atoms with E-state index in [1.807, 2.05) is 18.2 Å². The SMILES string of the molecule is CCn1ccc(CNc2ccccc2)c1. The lowest BCUT2D eigenvalue weighted by Crippen LogP contribution is -1.98. The van der Waals surface area contributed by atoms with E-state index in [1.165, 1.54) is 11.3 Å². The van der Waals surface area contributed by atoms with E-state index < -0.39 is 0 Å². The minimum Gasteiger partial charge on any atom is -0.381 e. The lowest BCUT2D eigenvalue weighted by Gasteiger charge is -2.03. The maximum atomic E-state index is 3.39. The summed E-state index contributed by atoms with van der Waals surface area (Å²) >= 11 is 0. The van der Waals surface area contributed by atoms with Crippen LogP contribution in [-0.4, -0.2) is 4.57 Å². The van der Waals surface area contributed by atoms with E-state index in [0.29, 0.717) is 0 Å². The Balaban J connectivity index is 1.93. The first-order valence-corrected chi connectivity index (χ1v) is 5.32. The summed E-state index contributed by atoms with van der Waals surface area (Å²) in [6, 6.07) is 12.4. The normalized spacial score (nSPS) is 10.2. The fraction of sp³-hybridized carbons (Fsp3) is 0.231. The van der Waals surface area contributed by atoms with Crippen molar-refractivity contribution >= 4 is 5.69 Å². The van der Waals surface area contributed by atoms with Crippen molar-refractivity contribution in [2.24, 2.45) is 0 Å². The van der Waals surface area contributed by atoms with Crippen LogP contribution >= 0.6 is 0 Å². The molecule has 2 rings (SSSR count). The molecule has 0 saturated heterocycles. The average Bonchev–Trinajstić information content (AvgIpc) is 2.76. The molecule has 2 heteroatoms. The van der Waals surface area contributed by atoms with Crippen molar-refractivity contribution < 1.29 is 0 Å². The van der Waals surface area contributed by atoms with Gasteiger partial charge in [-0.3, -0.25) is 0 Å². The van der Waals surface area contributed by atoms with Crippen LogP contribution in [0.3, 0.4) is 0 Å². The van der Waals surface area contributed by atoms with Gasteiger partial charge in [0.2, 0.25) is 0 Å². The van der Waals surface area contributed by atoms with E-state index in [4.69, 9.17) is 0 Å². The van der Waals surface area contributed by atoms with Gasteiger partial charge in [-0.2, -0.15) is 0 Å². The third-order valence-corrected chi connectivity index (χ3v) is 2.45. The Labute approximate surface area is 90.6 Å². The van der Waals surface area contributed by atoms with Crippen LogP contribution in [0.1, 0.15) is 12.5 Å². The molecule has 0 aliphatic heterocycles. The molecule has 0 bridgehead atoms. The molecule has 0 atom stereocenters. The molecule has 0 saturated carbocycles. The quantitative estimate of drug-likeness (QED) is 0.802. The number of nitrogens with zero attached hydrogens (tertiary/aromatic N) is 1. The highest BCUT2D eigenvalue weighted by molar-refractivity contribution is 5.42. The molecule has 0 amide bonds. The summed E-state index contributed by atoms with van der Waals surface area (Å²) in [7, 11) is 0. The molecule has 0 fully saturated rings. The highest BCUT2D eigenvalue weighted by atomic mass is 14.9. The minimum absolute atomic E-state index is 0.886. The highest BCUT2D eigenvalue weighted by Crippen LogP contribution is 2.08. The number of rotatable bonds is 4. The van der Waals surface area contributed by atoms with Gasteiger partial charge in [-0.05, 0) is 30.7 Å². The van der Waals surface area contributed by atoms with Crippen LogP contribution in [0.25, 0.3) is 0 Å². The number of hydrogen-bond acceptors (Lipinski definition) is 1. The van der Waals surface area contributed by atoms with Crippen molar-refractivity contribution in [1.29, 1.82) is 0 Å². The molecule has 15 heavy (non-hydrogen) atoms. The summed E-state index contributed by atoms with van der Waals surface area (Å²) in [5.74, 6) is 0. The fourth-order valence-corrected chi connectivity index (χ4v) is 1.55. The number of benzene rings is 1. The molecule has 1 aromatic carbocycles. The zero-order chi connectivity index (χ0) is 10.5. The van der Waals surface area contributed by atoms with E-state index in [1.54, 1.807) is 0 Å². The Morgan fingerprint density at radius 3 is 2.60 bits per heavy atom. The van der Waals surface area contributed by atoms with Crippen LogP contribution in [0.2, 0.25) is 0 Å². The predicted molar refractivity (Wildman–Crippen MR) is 63.9 cm³/mol. The van der Waals surface area contributed by atoms with Crippen LogP contribution in [-0.2, 0) is 13.1 Å².